The Bertz CT molecular complexity index is 767. The SMILES string of the molecule is Cc1ccc(N2CC[C@H](N[C@@H](C)c3nnc4n3CCCC4)C2=O)cc1. The van der Waals surface area contributed by atoms with Crippen molar-refractivity contribution in [2.24, 2.45) is 0 Å². The maximum atomic E-state index is 12.8. The molecule has 6 heteroatoms. The van der Waals surface area contributed by atoms with E-state index in [1.807, 2.05) is 17.0 Å². The second kappa shape index (κ2) is 6.59. The highest BCUT2D eigenvalue weighted by molar-refractivity contribution is 5.99. The second-order valence-corrected chi connectivity index (χ2v) is 7.14. The first-order valence-corrected chi connectivity index (χ1v) is 9.19. The van der Waals surface area contributed by atoms with Gasteiger partial charge in [0.1, 0.15) is 11.6 Å². The zero-order valence-corrected chi connectivity index (χ0v) is 14.9. The first kappa shape index (κ1) is 16.3. The fourth-order valence-corrected chi connectivity index (χ4v) is 3.84. The van der Waals surface area contributed by atoms with Crippen LogP contribution in [0.2, 0.25) is 0 Å². The Morgan fingerprint density at radius 2 is 1.96 bits per heavy atom. The Labute approximate surface area is 148 Å². The highest BCUT2D eigenvalue weighted by Gasteiger charge is 2.34. The average Bonchev–Trinajstić information content (AvgIpc) is 3.20. The third kappa shape index (κ3) is 3.06. The Kier molecular flexibility index (Phi) is 4.29. The van der Waals surface area contributed by atoms with E-state index in [2.05, 4.69) is 46.1 Å². The lowest BCUT2D eigenvalue weighted by molar-refractivity contribution is -0.119. The first-order chi connectivity index (χ1) is 12.1. The van der Waals surface area contributed by atoms with Crippen molar-refractivity contribution in [3.63, 3.8) is 0 Å². The Morgan fingerprint density at radius 1 is 1.16 bits per heavy atom. The maximum Gasteiger partial charge on any atom is 0.244 e. The topological polar surface area (TPSA) is 63.0 Å². The molecule has 132 valence electrons. The molecule has 25 heavy (non-hydrogen) atoms. The summed E-state index contributed by atoms with van der Waals surface area (Å²) in [6, 6.07) is 8.00. The van der Waals surface area contributed by atoms with Crippen molar-refractivity contribution >= 4 is 11.6 Å². The molecule has 0 bridgehead atoms. The van der Waals surface area contributed by atoms with Gasteiger partial charge in [-0.25, -0.2) is 0 Å². The van der Waals surface area contributed by atoms with E-state index in [0.29, 0.717) is 0 Å². The van der Waals surface area contributed by atoms with Gasteiger partial charge in [-0.2, -0.15) is 0 Å². The number of nitrogens with one attached hydrogen (secondary N) is 1. The van der Waals surface area contributed by atoms with Crippen LogP contribution in [0, 0.1) is 6.92 Å². The van der Waals surface area contributed by atoms with E-state index in [1.165, 1.54) is 18.4 Å². The van der Waals surface area contributed by atoms with Gasteiger partial charge in [-0.3, -0.25) is 10.1 Å². The van der Waals surface area contributed by atoms with Crippen LogP contribution in [-0.4, -0.2) is 33.3 Å². The highest BCUT2D eigenvalue weighted by atomic mass is 16.2. The minimum absolute atomic E-state index is 0.0197. The minimum atomic E-state index is -0.159. The van der Waals surface area contributed by atoms with E-state index in [4.69, 9.17) is 0 Å². The van der Waals surface area contributed by atoms with Crippen LogP contribution < -0.4 is 10.2 Å². The fraction of sp³-hybridized carbons (Fsp3) is 0.526. The summed E-state index contributed by atoms with van der Waals surface area (Å²) in [6.07, 6.45) is 4.18. The minimum Gasteiger partial charge on any atom is -0.314 e. The van der Waals surface area contributed by atoms with Gasteiger partial charge in [0.05, 0.1) is 12.1 Å². The number of anilines is 1. The van der Waals surface area contributed by atoms with Crippen LogP contribution in [-0.2, 0) is 17.8 Å². The second-order valence-electron chi connectivity index (χ2n) is 7.14. The van der Waals surface area contributed by atoms with Crippen LogP contribution in [0.3, 0.4) is 0 Å². The van der Waals surface area contributed by atoms with Crippen molar-refractivity contribution in [2.45, 2.75) is 58.2 Å². The lowest BCUT2D eigenvalue weighted by Gasteiger charge is -2.22. The lowest BCUT2D eigenvalue weighted by atomic mass is 10.1. The van der Waals surface area contributed by atoms with Gasteiger partial charge in [0, 0.05) is 25.2 Å². The fourth-order valence-electron chi connectivity index (χ4n) is 3.84. The van der Waals surface area contributed by atoms with Crippen LogP contribution in [0.5, 0.6) is 0 Å². The van der Waals surface area contributed by atoms with Crippen LogP contribution in [0.4, 0.5) is 5.69 Å². The summed E-state index contributed by atoms with van der Waals surface area (Å²) in [5.74, 6) is 2.18. The summed E-state index contributed by atoms with van der Waals surface area (Å²) < 4.78 is 2.22. The lowest BCUT2D eigenvalue weighted by Crippen LogP contribution is -2.40. The molecular weight excluding hydrogens is 314 g/mol. The van der Waals surface area contributed by atoms with E-state index >= 15 is 0 Å². The number of nitrogens with zero attached hydrogens (tertiary/aromatic N) is 4. The van der Waals surface area contributed by atoms with E-state index in [-0.39, 0.29) is 18.0 Å². The van der Waals surface area contributed by atoms with Crippen molar-refractivity contribution < 1.29 is 4.79 Å². The number of aromatic nitrogens is 3. The summed E-state index contributed by atoms with van der Waals surface area (Å²) in [7, 11) is 0. The smallest absolute Gasteiger partial charge is 0.244 e. The Hall–Kier alpha value is -2.21. The van der Waals surface area contributed by atoms with E-state index in [0.717, 1.165) is 43.3 Å². The van der Waals surface area contributed by atoms with Gasteiger partial charge < -0.3 is 9.47 Å². The van der Waals surface area contributed by atoms with Crippen LogP contribution in [0.15, 0.2) is 24.3 Å². The van der Waals surface area contributed by atoms with Gasteiger partial charge in [-0.15, -0.1) is 10.2 Å². The Morgan fingerprint density at radius 3 is 2.76 bits per heavy atom. The van der Waals surface area contributed by atoms with Gasteiger partial charge in [0.15, 0.2) is 0 Å². The van der Waals surface area contributed by atoms with E-state index in [1.54, 1.807) is 0 Å². The molecule has 1 aromatic carbocycles. The number of hydrogen-bond acceptors (Lipinski definition) is 4. The number of benzene rings is 1. The molecule has 0 unspecified atom stereocenters. The molecular formula is C19H25N5O. The number of carbonyl (C=O) groups excluding carboxylic acids is 1. The number of amides is 1. The predicted molar refractivity (Wildman–Crippen MR) is 96.4 cm³/mol. The normalized spacial score (nSPS) is 21.4. The van der Waals surface area contributed by atoms with Gasteiger partial charge in [0.25, 0.3) is 0 Å². The number of rotatable bonds is 4. The molecule has 0 saturated carbocycles. The molecule has 1 N–H and O–H groups in total. The average molecular weight is 339 g/mol. The third-order valence-corrected chi connectivity index (χ3v) is 5.28. The first-order valence-electron chi connectivity index (χ1n) is 9.19. The molecule has 1 saturated heterocycles. The molecule has 0 radical (unpaired) electrons. The van der Waals surface area contributed by atoms with Gasteiger partial charge in [0.2, 0.25) is 5.91 Å². The zero-order chi connectivity index (χ0) is 17.4. The quantitative estimate of drug-likeness (QED) is 0.929. The largest absolute Gasteiger partial charge is 0.314 e. The summed E-state index contributed by atoms with van der Waals surface area (Å²) in [5.41, 5.74) is 2.18. The molecule has 2 aliphatic heterocycles. The number of fused-ring (bicyclic) bond motifs is 1. The molecule has 2 atom stereocenters. The molecule has 2 aliphatic rings. The number of hydrogen-bond donors (Lipinski definition) is 1. The molecule has 0 aliphatic carbocycles. The van der Waals surface area contributed by atoms with Crippen molar-refractivity contribution in [2.75, 3.05) is 11.4 Å². The van der Waals surface area contributed by atoms with Gasteiger partial charge >= 0.3 is 0 Å². The van der Waals surface area contributed by atoms with Crippen molar-refractivity contribution in [3.8, 4) is 0 Å². The molecule has 1 amide bonds. The standard InChI is InChI=1S/C19H25N5O/c1-13-6-8-15(9-7-13)23-12-10-16(19(23)25)20-14(2)18-22-21-17-5-3-4-11-24(17)18/h6-9,14,16,20H,3-5,10-12H2,1-2H3/t14-,16-/m0/s1. The third-order valence-electron chi connectivity index (χ3n) is 5.28. The highest BCUT2D eigenvalue weighted by Crippen LogP contribution is 2.24. The van der Waals surface area contributed by atoms with Crippen molar-refractivity contribution in [1.82, 2.24) is 20.1 Å². The van der Waals surface area contributed by atoms with Crippen LogP contribution in [0.25, 0.3) is 0 Å². The monoisotopic (exact) mass is 339 g/mol. The molecule has 3 heterocycles. The van der Waals surface area contributed by atoms with Crippen LogP contribution in [0.1, 0.15) is 49.4 Å². The van der Waals surface area contributed by atoms with Crippen molar-refractivity contribution in [1.29, 1.82) is 0 Å². The zero-order valence-electron chi connectivity index (χ0n) is 14.9. The van der Waals surface area contributed by atoms with E-state index in [9.17, 15) is 4.79 Å². The molecule has 4 rings (SSSR count). The van der Waals surface area contributed by atoms with Crippen LogP contribution >= 0.6 is 0 Å². The van der Waals surface area contributed by atoms with E-state index < -0.39 is 0 Å². The van der Waals surface area contributed by atoms with Gasteiger partial charge in [-0.1, -0.05) is 17.7 Å². The molecule has 1 aromatic heterocycles. The predicted octanol–water partition coefficient (Wildman–Crippen LogP) is 2.38. The summed E-state index contributed by atoms with van der Waals surface area (Å²) >= 11 is 0. The Balaban J connectivity index is 1.45. The summed E-state index contributed by atoms with van der Waals surface area (Å²) in [5, 5.41) is 12.2. The van der Waals surface area contributed by atoms with Gasteiger partial charge in [-0.05, 0) is 45.2 Å². The molecule has 1 fully saturated rings. The molecule has 6 nitrogen and oxygen atoms in total. The number of carbonyl (C=O) groups is 1. The molecule has 2 aromatic rings. The molecule has 0 spiro atoms. The maximum absolute atomic E-state index is 12.8. The van der Waals surface area contributed by atoms with Crippen molar-refractivity contribution in [3.05, 3.63) is 41.5 Å². The summed E-state index contributed by atoms with van der Waals surface area (Å²) in [6.45, 7) is 5.87. The number of aryl methyl sites for hydroxylation is 2. The summed E-state index contributed by atoms with van der Waals surface area (Å²) in [4.78, 5) is 14.7.